The normalized spacial score (nSPS) is 49.3. The van der Waals surface area contributed by atoms with Crippen LogP contribution in [0.25, 0.3) is 0 Å². The lowest BCUT2D eigenvalue weighted by molar-refractivity contribution is -0.196. The van der Waals surface area contributed by atoms with E-state index in [0.717, 1.165) is 55.8 Å². The van der Waals surface area contributed by atoms with E-state index in [1.165, 1.54) is 18.4 Å². The molecule has 1 saturated carbocycles. The largest absolute Gasteiger partial charge is 0.466 e. The number of aliphatic hydroxyl groups excluding tert-OH is 2. The number of piperidine rings is 2. The van der Waals surface area contributed by atoms with Crippen LogP contribution in [0.1, 0.15) is 63.0 Å². The highest BCUT2D eigenvalue weighted by Crippen LogP contribution is 2.78. The fourth-order valence-corrected chi connectivity index (χ4v) is 15.0. The first-order valence-corrected chi connectivity index (χ1v) is 19.0. The highest BCUT2D eigenvalue weighted by Gasteiger charge is 2.87. The maximum absolute atomic E-state index is 13.8. The van der Waals surface area contributed by atoms with Crippen molar-refractivity contribution in [2.45, 2.75) is 110 Å². The standard InChI is InChI=1S/C40H46N4O6/c1-3-37-21-36-18-22(32(46)48-2)29-38(34(36)47,23-8-4-6-10-26(23)41-29)12-16-44(36)30(37)25-19-35(14-17-45)31-28(49-31)20-43-15-13-39(33(35)43)24-9-5-7-11-27(24)42-40(25,39)50-37/h4-11,25,28,30-31,33-34,41-42,45,47H,3,12-21H2,1-2H3/t25-,28-,30-,31+,33-,34+,35+,36-,37+,38+,39+,40+/m0/s1. The van der Waals surface area contributed by atoms with Gasteiger partial charge in [-0.2, -0.15) is 0 Å². The van der Waals surface area contributed by atoms with Crippen molar-refractivity contribution in [3.8, 4) is 0 Å². The fourth-order valence-electron chi connectivity index (χ4n) is 15.0. The molecular formula is C40H46N4O6. The molecule has 0 unspecified atom stereocenters. The molecule has 50 heavy (non-hydrogen) atoms. The number of anilines is 2. The number of para-hydroxylation sites is 2. The summed E-state index contributed by atoms with van der Waals surface area (Å²) in [5.74, 6) is -0.251. The zero-order valence-corrected chi connectivity index (χ0v) is 28.8. The molecule has 2 bridgehead atoms. The summed E-state index contributed by atoms with van der Waals surface area (Å²) in [6, 6.07) is 17.3. The predicted molar refractivity (Wildman–Crippen MR) is 183 cm³/mol. The van der Waals surface area contributed by atoms with Crippen LogP contribution in [0, 0.1) is 11.3 Å². The summed E-state index contributed by atoms with van der Waals surface area (Å²) < 4.78 is 20.1. The van der Waals surface area contributed by atoms with E-state index >= 15 is 0 Å². The van der Waals surface area contributed by atoms with Crippen molar-refractivity contribution in [2.75, 3.05) is 44.0 Å². The van der Waals surface area contributed by atoms with Gasteiger partial charge in [0.05, 0.1) is 53.0 Å². The first kappa shape index (κ1) is 29.6. The number of hydrogen-bond acceptors (Lipinski definition) is 10. The van der Waals surface area contributed by atoms with Gasteiger partial charge in [-0.05, 0) is 68.3 Å². The molecule has 0 radical (unpaired) electrons. The molecule has 8 heterocycles. The minimum atomic E-state index is -0.741. The number of benzene rings is 2. The number of hydrogen-bond donors (Lipinski definition) is 4. The molecule has 10 aliphatic rings. The average molecular weight is 679 g/mol. The number of esters is 1. The van der Waals surface area contributed by atoms with Gasteiger partial charge in [-0.15, -0.1) is 0 Å². The van der Waals surface area contributed by atoms with Crippen molar-refractivity contribution in [2.24, 2.45) is 11.3 Å². The van der Waals surface area contributed by atoms with Crippen LogP contribution in [0.15, 0.2) is 59.8 Å². The Bertz CT molecular complexity index is 1940. The second kappa shape index (κ2) is 8.96. The number of nitrogens with zero attached hydrogens (tertiary/aromatic N) is 2. The maximum Gasteiger partial charge on any atom is 0.335 e. The summed E-state index contributed by atoms with van der Waals surface area (Å²) >= 11 is 0. The molecule has 12 atom stereocenters. The lowest BCUT2D eigenvalue weighted by Crippen LogP contribution is -2.76. The third-order valence-electron chi connectivity index (χ3n) is 16.3. The molecule has 6 saturated heterocycles. The highest BCUT2D eigenvalue weighted by molar-refractivity contribution is 5.93. The molecule has 4 spiro atoms. The van der Waals surface area contributed by atoms with Crippen molar-refractivity contribution in [1.82, 2.24) is 9.80 Å². The Morgan fingerprint density at radius 2 is 1.88 bits per heavy atom. The Morgan fingerprint density at radius 1 is 1.08 bits per heavy atom. The molecule has 262 valence electrons. The highest BCUT2D eigenvalue weighted by atomic mass is 16.6. The number of ether oxygens (including phenoxy) is 3. The van der Waals surface area contributed by atoms with Crippen molar-refractivity contribution in [3.63, 3.8) is 0 Å². The lowest BCUT2D eigenvalue weighted by Gasteiger charge is -2.64. The second-order valence-electron chi connectivity index (χ2n) is 17.4. The zero-order valence-electron chi connectivity index (χ0n) is 28.8. The van der Waals surface area contributed by atoms with Crippen LogP contribution >= 0.6 is 0 Å². The van der Waals surface area contributed by atoms with Gasteiger partial charge in [-0.3, -0.25) is 9.80 Å². The number of carbonyl (C=O) groups is 1. The first-order chi connectivity index (χ1) is 24.3. The molecule has 12 rings (SSSR count). The van der Waals surface area contributed by atoms with E-state index in [1.807, 2.05) is 12.1 Å². The van der Waals surface area contributed by atoms with Crippen LogP contribution in [0.3, 0.4) is 0 Å². The van der Waals surface area contributed by atoms with Crippen LogP contribution in [0.2, 0.25) is 0 Å². The smallest absolute Gasteiger partial charge is 0.335 e. The monoisotopic (exact) mass is 678 g/mol. The number of epoxide rings is 1. The topological polar surface area (TPSA) is 119 Å². The number of methoxy groups -OCH3 is 1. The Morgan fingerprint density at radius 3 is 2.68 bits per heavy atom. The molecular weight excluding hydrogens is 632 g/mol. The molecule has 4 N–H and O–H groups in total. The van der Waals surface area contributed by atoms with E-state index in [-0.39, 0.29) is 53.6 Å². The molecule has 0 aromatic heterocycles. The third kappa shape index (κ3) is 2.81. The Hall–Kier alpha value is -2.99. The maximum atomic E-state index is 13.8. The minimum Gasteiger partial charge on any atom is -0.466 e. The predicted octanol–water partition coefficient (Wildman–Crippen LogP) is 3.24. The third-order valence-corrected chi connectivity index (χ3v) is 16.3. The van der Waals surface area contributed by atoms with E-state index < -0.39 is 28.4 Å². The van der Waals surface area contributed by atoms with Crippen molar-refractivity contribution in [3.05, 3.63) is 70.9 Å². The van der Waals surface area contributed by atoms with Crippen molar-refractivity contribution in [1.29, 1.82) is 0 Å². The molecule has 10 nitrogen and oxygen atoms in total. The number of nitrogens with one attached hydrogen (secondary N) is 2. The van der Waals surface area contributed by atoms with E-state index in [1.54, 1.807) is 0 Å². The molecule has 2 aliphatic carbocycles. The summed E-state index contributed by atoms with van der Waals surface area (Å²) in [6.07, 6.45) is 4.72. The van der Waals surface area contributed by atoms with Gasteiger partial charge >= 0.3 is 5.97 Å². The van der Waals surface area contributed by atoms with E-state index in [4.69, 9.17) is 14.2 Å². The Labute approximate surface area is 292 Å². The number of fused-ring (bicyclic) bond motifs is 7. The van der Waals surface area contributed by atoms with Crippen LogP contribution in [-0.2, 0) is 29.8 Å². The fraction of sp³-hybridized carbons (Fsp3) is 0.625. The SMILES string of the molecule is CC[C@@]12C[C@]34CC(C(=O)OC)=C5Nc6ccccc6[C@@]5(CCN3[C@H]1[C@@H]1C[C@]3(CCO)[C@@H]5O[C@H]5CN5CC[C@@]6(c7ccccc7N[C@@]16O2)[C@@H]53)[C@@H]4O. The first-order valence-electron chi connectivity index (χ1n) is 19.0. The van der Waals surface area contributed by atoms with Gasteiger partial charge in [0.1, 0.15) is 0 Å². The van der Waals surface area contributed by atoms with E-state index in [0.29, 0.717) is 31.3 Å². The number of rotatable bonds is 4. The van der Waals surface area contributed by atoms with Gasteiger partial charge in [0, 0.05) is 66.6 Å². The summed E-state index contributed by atoms with van der Waals surface area (Å²) in [6.45, 7) is 5.11. The molecule has 7 fully saturated rings. The molecule has 8 aliphatic heterocycles. The summed E-state index contributed by atoms with van der Waals surface area (Å²) in [7, 11) is 1.47. The van der Waals surface area contributed by atoms with Gasteiger partial charge in [0.15, 0.2) is 5.72 Å². The zero-order chi connectivity index (χ0) is 33.6. The quantitative estimate of drug-likeness (QED) is 0.284. The van der Waals surface area contributed by atoms with Crippen LogP contribution in [0.4, 0.5) is 11.4 Å². The van der Waals surface area contributed by atoms with Crippen LogP contribution in [0.5, 0.6) is 0 Å². The summed E-state index contributed by atoms with van der Waals surface area (Å²) in [4.78, 5) is 19.1. The van der Waals surface area contributed by atoms with Gasteiger partial charge in [-0.1, -0.05) is 43.3 Å². The van der Waals surface area contributed by atoms with Gasteiger partial charge < -0.3 is 35.1 Å². The van der Waals surface area contributed by atoms with Crippen molar-refractivity contribution >= 4 is 17.3 Å². The van der Waals surface area contributed by atoms with Crippen LogP contribution < -0.4 is 10.6 Å². The Balaban J connectivity index is 1.07. The average Bonchev–Trinajstić information content (AvgIpc) is 3.34. The van der Waals surface area contributed by atoms with Gasteiger partial charge in [0.25, 0.3) is 0 Å². The van der Waals surface area contributed by atoms with Gasteiger partial charge in [0.2, 0.25) is 0 Å². The Kier molecular flexibility index (Phi) is 5.30. The molecule has 10 heteroatoms. The minimum absolute atomic E-state index is 0.00735. The molecule has 0 amide bonds. The second-order valence-corrected chi connectivity index (χ2v) is 17.4. The number of aliphatic hydroxyl groups is 2. The van der Waals surface area contributed by atoms with E-state index in [9.17, 15) is 15.0 Å². The summed E-state index contributed by atoms with van der Waals surface area (Å²) in [5, 5.41) is 31.7. The van der Waals surface area contributed by atoms with Gasteiger partial charge in [-0.25, -0.2) is 4.79 Å². The van der Waals surface area contributed by atoms with Crippen LogP contribution in [-0.4, -0.2) is 107 Å². The summed E-state index contributed by atoms with van der Waals surface area (Å²) in [5.41, 5.74) is 2.88. The molecule has 2 aromatic carbocycles. The molecule has 2 aromatic rings. The number of carbonyl (C=O) groups excluding carboxylic acids is 1. The van der Waals surface area contributed by atoms with E-state index in [2.05, 4.69) is 63.8 Å². The van der Waals surface area contributed by atoms with Crippen molar-refractivity contribution < 1.29 is 29.2 Å². The lowest BCUT2D eigenvalue weighted by atomic mass is 9.47.